The van der Waals surface area contributed by atoms with Crippen LogP contribution in [0.15, 0.2) is 12.2 Å². The molecule has 2 N–H and O–H groups in total. The minimum atomic E-state index is -0.206. The molecule has 0 spiro atoms. The molecule has 0 aliphatic carbocycles. The van der Waals surface area contributed by atoms with Crippen molar-refractivity contribution in [3.8, 4) is 0 Å². The number of hydrogen-bond donors (Lipinski definition) is 2. The van der Waals surface area contributed by atoms with Crippen molar-refractivity contribution in [3.63, 3.8) is 0 Å². The molecule has 0 bridgehead atoms. The zero-order valence-corrected chi connectivity index (χ0v) is 8.95. The summed E-state index contributed by atoms with van der Waals surface area (Å²) in [7, 11) is 1.60. The first-order valence-electron chi connectivity index (χ1n) is 4.80. The SMILES string of the molecule is CNC(=O)C=CC(C)(C)N1CC(O)C1. The van der Waals surface area contributed by atoms with Gasteiger partial charge in [-0.25, -0.2) is 0 Å². The lowest BCUT2D eigenvalue weighted by Gasteiger charge is -2.45. The van der Waals surface area contributed by atoms with Crippen molar-refractivity contribution in [2.75, 3.05) is 20.1 Å². The van der Waals surface area contributed by atoms with Gasteiger partial charge in [0.05, 0.1) is 6.10 Å². The minimum absolute atomic E-state index is 0.0980. The molecule has 80 valence electrons. The van der Waals surface area contributed by atoms with Gasteiger partial charge < -0.3 is 10.4 Å². The normalized spacial score (nSPS) is 19.7. The summed E-state index contributed by atoms with van der Waals surface area (Å²) < 4.78 is 0. The molecule has 1 fully saturated rings. The number of nitrogens with zero attached hydrogens (tertiary/aromatic N) is 1. The molecular formula is C10H18N2O2. The minimum Gasteiger partial charge on any atom is -0.390 e. The van der Waals surface area contributed by atoms with Gasteiger partial charge in [0.2, 0.25) is 5.91 Å². The number of rotatable bonds is 3. The fourth-order valence-corrected chi connectivity index (χ4v) is 1.39. The van der Waals surface area contributed by atoms with E-state index in [0.29, 0.717) is 13.1 Å². The van der Waals surface area contributed by atoms with Gasteiger partial charge in [-0.2, -0.15) is 0 Å². The van der Waals surface area contributed by atoms with Crippen molar-refractivity contribution in [2.24, 2.45) is 0 Å². The van der Waals surface area contributed by atoms with Crippen LogP contribution in [0.5, 0.6) is 0 Å². The Balaban J connectivity index is 2.49. The van der Waals surface area contributed by atoms with E-state index in [4.69, 9.17) is 5.11 Å². The summed E-state index contributed by atoms with van der Waals surface area (Å²) in [5, 5.41) is 11.7. The van der Waals surface area contributed by atoms with Gasteiger partial charge in [0.15, 0.2) is 0 Å². The number of amides is 1. The topological polar surface area (TPSA) is 52.6 Å². The first kappa shape index (κ1) is 11.2. The molecular weight excluding hydrogens is 180 g/mol. The van der Waals surface area contributed by atoms with E-state index in [9.17, 15) is 4.79 Å². The molecule has 1 aliphatic rings. The predicted molar refractivity (Wildman–Crippen MR) is 54.9 cm³/mol. The van der Waals surface area contributed by atoms with Crippen LogP contribution in [0.25, 0.3) is 0 Å². The van der Waals surface area contributed by atoms with Gasteiger partial charge in [0.25, 0.3) is 0 Å². The Kier molecular flexibility index (Phi) is 3.29. The van der Waals surface area contributed by atoms with Crippen molar-refractivity contribution in [2.45, 2.75) is 25.5 Å². The standard InChI is InChI=1S/C10H18N2O2/c1-10(2,5-4-9(14)11-3)12-6-8(13)7-12/h4-5,8,13H,6-7H2,1-3H3,(H,11,14). The number of carbonyl (C=O) groups excluding carboxylic acids is 1. The third-order valence-corrected chi connectivity index (χ3v) is 2.57. The van der Waals surface area contributed by atoms with Crippen LogP contribution in [-0.2, 0) is 4.79 Å². The maximum absolute atomic E-state index is 11.0. The highest BCUT2D eigenvalue weighted by Gasteiger charge is 2.34. The van der Waals surface area contributed by atoms with Gasteiger partial charge in [0, 0.05) is 31.8 Å². The Morgan fingerprint density at radius 1 is 1.57 bits per heavy atom. The number of aliphatic hydroxyl groups is 1. The lowest BCUT2D eigenvalue weighted by atomic mass is 9.96. The second kappa shape index (κ2) is 4.11. The predicted octanol–water partition coefficient (Wildman–Crippen LogP) is -0.256. The monoisotopic (exact) mass is 198 g/mol. The number of likely N-dealkylation sites (tertiary alicyclic amines) is 1. The fraction of sp³-hybridized carbons (Fsp3) is 0.700. The summed E-state index contributed by atoms with van der Waals surface area (Å²) in [4.78, 5) is 13.1. The van der Waals surface area contributed by atoms with E-state index in [1.165, 1.54) is 6.08 Å². The second-order valence-electron chi connectivity index (χ2n) is 4.16. The number of aliphatic hydroxyl groups excluding tert-OH is 1. The zero-order chi connectivity index (χ0) is 10.8. The summed E-state index contributed by atoms with van der Waals surface area (Å²) in [6.45, 7) is 5.42. The molecule has 0 aromatic rings. The molecule has 0 unspecified atom stereocenters. The second-order valence-corrected chi connectivity index (χ2v) is 4.16. The van der Waals surface area contributed by atoms with Crippen LogP contribution in [0, 0.1) is 0 Å². The van der Waals surface area contributed by atoms with Crippen molar-refractivity contribution in [1.82, 2.24) is 10.2 Å². The molecule has 4 heteroatoms. The Morgan fingerprint density at radius 2 is 2.14 bits per heavy atom. The fourth-order valence-electron chi connectivity index (χ4n) is 1.39. The molecule has 0 aromatic carbocycles. The lowest BCUT2D eigenvalue weighted by molar-refractivity contribution is -0.116. The van der Waals surface area contributed by atoms with Gasteiger partial charge in [-0.1, -0.05) is 6.08 Å². The first-order valence-corrected chi connectivity index (χ1v) is 4.80. The molecule has 1 saturated heterocycles. The highest BCUT2D eigenvalue weighted by Crippen LogP contribution is 2.22. The van der Waals surface area contributed by atoms with Crippen LogP contribution >= 0.6 is 0 Å². The number of β-amino-alcohol motifs (C(OH)–C–C–N with tert-alkyl or cyclic N) is 1. The highest BCUT2D eigenvalue weighted by molar-refractivity contribution is 5.87. The highest BCUT2D eigenvalue weighted by atomic mass is 16.3. The average Bonchev–Trinajstić information content (AvgIpc) is 2.09. The van der Waals surface area contributed by atoms with E-state index >= 15 is 0 Å². The molecule has 14 heavy (non-hydrogen) atoms. The summed E-state index contributed by atoms with van der Waals surface area (Å²) in [5.74, 6) is -0.0980. The maximum Gasteiger partial charge on any atom is 0.243 e. The molecule has 4 nitrogen and oxygen atoms in total. The van der Waals surface area contributed by atoms with Crippen LogP contribution in [-0.4, -0.2) is 47.7 Å². The van der Waals surface area contributed by atoms with E-state index < -0.39 is 0 Å². The van der Waals surface area contributed by atoms with Crippen LogP contribution in [0.1, 0.15) is 13.8 Å². The molecule has 0 aromatic heterocycles. The Bertz CT molecular complexity index is 243. The van der Waals surface area contributed by atoms with Crippen LogP contribution in [0.3, 0.4) is 0 Å². The number of hydrogen-bond acceptors (Lipinski definition) is 3. The van der Waals surface area contributed by atoms with Crippen LogP contribution in [0.4, 0.5) is 0 Å². The smallest absolute Gasteiger partial charge is 0.243 e. The third kappa shape index (κ3) is 2.56. The van der Waals surface area contributed by atoms with Gasteiger partial charge >= 0.3 is 0 Å². The van der Waals surface area contributed by atoms with Crippen LogP contribution < -0.4 is 5.32 Å². The van der Waals surface area contributed by atoms with E-state index in [1.54, 1.807) is 7.05 Å². The summed E-state index contributed by atoms with van der Waals surface area (Å²) in [6, 6.07) is 0. The summed E-state index contributed by atoms with van der Waals surface area (Å²) in [5.41, 5.74) is -0.161. The molecule has 1 amide bonds. The Morgan fingerprint density at radius 3 is 2.57 bits per heavy atom. The van der Waals surface area contributed by atoms with Crippen molar-refractivity contribution in [1.29, 1.82) is 0 Å². The number of carbonyl (C=O) groups is 1. The largest absolute Gasteiger partial charge is 0.390 e. The zero-order valence-electron chi connectivity index (χ0n) is 8.95. The summed E-state index contributed by atoms with van der Waals surface area (Å²) in [6.07, 6.45) is 3.19. The number of nitrogens with one attached hydrogen (secondary N) is 1. The number of likely N-dealkylation sites (N-methyl/N-ethyl adjacent to an activating group) is 1. The molecule has 1 aliphatic heterocycles. The van der Waals surface area contributed by atoms with E-state index in [2.05, 4.69) is 10.2 Å². The Hall–Kier alpha value is -0.870. The molecule has 0 saturated carbocycles. The molecule has 1 heterocycles. The van der Waals surface area contributed by atoms with Gasteiger partial charge in [0.1, 0.15) is 0 Å². The summed E-state index contributed by atoms with van der Waals surface area (Å²) >= 11 is 0. The maximum atomic E-state index is 11.0. The molecule has 0 radical (unpaired) electrons. The van der Waals surface area contributed by atoms with E-state index in [0.717, 1.165) is 0 Å². The molecule has 1 rings (SSSR count). The third-order valence-electron chi connectivity index (χ3n) is 2.57. The average molecular weight is 198 g/mol. The lowest BCUT2D eigenvalue weighted by Crippen LogP contribution is -2.59. The van der Waals surface area contributed by atoms with Crippen molar-refractivity contribution in [3.05, 3.63) is 12.2 Å². The van der Waals surface area contributed by atoms with E-state index in [-0.39, 0.29) is 17.6 Å². The van der Waals surface area contributed by atoms with E-state index in [1.807, 2.05) is 19.9 Å². The van der Waals surface area contributed by atoms with Gasteiger partial charge in [-0.05, 0) is 13.8 Å². The Labute approximate surface area is 84.6 Å². The van der Waals surface area contributed by atoms with Crippen molar-refractivity contribution < 1.29 is 9.90 Å². The van der Waals surface area contributed by atoms with Gasteiger partial charge in [-0.15, -0.1) is 0 Å². The first-order chi connectivity index (χ1) is 6.45. The molecule has 0 atom stereocenters. The van der Waals surface area contributed by atoms with Crippen molar-refractivity contribution >= 4 is 5.91 Å². The van der Waals surface area contributed by atoms with Crippen LogP contribution in [0.2, 0.25) is 0 Å². The quantitative estimate of drug-likeness (QED) is 0.615. The van der Waals surface area contributed by atoms with Gasteiger partial charge in [-0.3, -0.25) is 9.69 Å².